The lowest BCUT2D eigenvalue weighted by atomic mass is 9.95. The second-order valence-corrected chi connectivity index (χ2v) is 4.24. The molecule has 1 radical (unpaired) electrons. The predicted molar refractivity (Wildman–Crippen MR) is 64.6 cm³/mol. The molecule has 0 aromatic heterocycles. The minimum absolute atomic E-state index is 0.681. The van der Waals surface area contributed by atoms with Crippen LogP contribution >= 0.6 is 0 Å². The van der Waals surface area contributed by atoms with Crippen molar-refractivity contribution in [2.75, 3.05) is 6.61 Å². The number of hydrogen-bond donors (Lipinski definition) is 0. The Bertz CT molecular complexity index is 291. The van der Waals surface area contributed by atoms with Gasteiger partial charge in [0.25, 0.3) is 0 Å². The average molecular weight is 205 g/mol. The van der Waals surface area contributed by atoms with Crippen LogP contribution < -0.4 is 0 Å². The number of ether oxygens (including phenoxy) is 1. The summed E-state index contributed by atoms with van der Waals surface area (Å²) in [6.07, 6.45) is 2.15. The zero-order valence-electron chi connectivity index (χ0n) is 10.2. The number of benzene rings is 1. The summed E-state index contributed by atoms with van der Waals surface area (Å²) in [5.41, 5.74) is 2.64. The molecule has 0 aliphatic heterocycles. The standard InChI is InChI=1S/C14H21O/c1-5-15-12(4)14-9-7-6-8-13(14)10-11(2)3/h6-9,11H,5,10H2,1-4H3. The second kappa shape index (κ2) is 5.92. The van der Waals surface area contributed by atoms with E-state index in [4.69, 9.17) is 4.74 Å². The molecule has 1 rings (SSSR count). The van der Waals surface area contributed by atoms with E-state index >= 15 is 0 Å². The van der Waals surface area contributed by atoms with Crippen molar-refractivity contribution in [3.05, 3.63) is 41.5 Å². The molecule has 0 aliphatic rings. The summed E-state index contributed by atoms with van der Waals surface area (Å²) < 4.78 is 5.57. The Morgan fingerprint density at radius 3 is 2.53 bits per heavy atom. The lowest BCUT2D eigenvalue weighted by molar-refractivity contribution is 0.180. The summed E-state index contributed by atoms with van der Waals surface area (Å²) >= 11 is 0. The zero-order chi connectivity index (χ0) is 11.3. The van der Waals surface area contributed by atoms with Gasteiger partial charge in [-0.05, 0) is 37.3 Å². The summed E-state index contributed by atoms with van der Waals surface area (Å²) in [4.78, 5) is 0. The number of rotatable bonds is 5. The molecule has 1 heteroatoms. The summed E-state index contributed by atoms with van der Waals surface area (Å²) in [5, 5.41) is 0. The average Bonchev–Trinajstić information content (AvgIpc) is 2.18. The Morgan fingerprint density at radius 2 is 1.93 bits per heavy atom. The van der Waals surface area contributed by atoms with Crippen LogP contribution in [0.1, 0.15) is 38.8 Å². The van der Waals surface area contributed by atoms with E-state index in [9.17, 15) is 0 Å². The van der Waals surface area contributed by atoms with Crippen LogP contribution in [0.3, 0.4) is 0 Å². The van der Waals surface area contributed by atoms with Crippen molar-refractivity contribution in [2.45, 2.75) is 34.1 Å². The zero-order valence-corrected chi connectivity index (χ0v) is 10.2. The third-order valence-electron chi connectivity index (χ3n) is 2.39. The quantitative estimate of drug-likeness (QED) is 0.710. The van der Waals surface area contributed by atoms with Gasteiger partial charge in [-0.25, -0.2) is 0 Å². The van der Waals surface area contributed by atoms with Crippen LogP contribution in [0.4, 0.5) is 0 Å². The van der Waals surface area contributed by atoms with Crippen molar-refractivity contribution < 1.29 is 4.74 Å². The van der Waals surface area contributed by atoms with Crippen molar-refractivity contribution in [3.63, 3.8) is 0 Å². The van der Waals surface area contributed by atoms with Crippen LogP contribution in [0.2, 0.25) is 0 Å². The minimum Gasteiger partial charge on any atom is -0.367 e. The molecule has 0 bridgehead atoms. The fraction of sp³-hybridized carbons (Fsp3) is 0.500. The highest BCUT2D eigenvalue weighted by Gasteiger charge is 2.11. The lowest BCUT2D eigenvalue weighted by Crippen LogP contribution is -2.06. The van der Waals surface area contributed by atoms with Gasteiger partial charge in [-0.15, -0.1) is 0 Å². The van der Waals surface area contributed by atoms with Gasteiger partial charge in [-0.2, -0.15) is 0 Å². The van der Waals surface area contributed by atoms with Crippen LogP contribution in [0.5, 0.6) is 0 Å². The summed E-state index contributed by atoms with van der Waals surface area (Å²) in [7, 11) is 0. The van der Waals surface area contributed by atoms with Gasteiger partial charge < -0.3 is 4.74 Å². The molecule has 15 heavy (non-hydrogen) atoms. The molecular formula is C14H21O. The first kappa shape index (κ1) is 12.3. The molecule has 0 unspecified atom stereocenters. The Morgan fingerprint density at radius 1 is 1.27 bits per heavy atom. The first-order valence-electron chi connectivity index (χ1n) is 5.69. The van der Waals surface area contributed by atoms with Gasteiger partial charge in [0.1, 0.15) is 6.10 Å². The van der Waals surface area contributed by atoms with Crippen LogP contribution in [-0.2, 0) is 11.2 Å². The first-order chi connectivity index (χ1) is 7.15. The Balaban J connectivity index is 2.85. The van der Waals surface area contributed by atoms with E-state index in [1.807, 2.05) is 13.8 Å². The smallest absolute Gasteiger partial charge is 0.123 e. The van der Waals surface area contributed by atoms with Gasteiger partial charge in [0.2, 0.25) is 0 Å². The molecule has 0 amide bonds. The molecule has 1 aromatic carbocycles. The molecule has 1 nitrogen and oxygen atoms in total. The molecule has 0 spiro atoms. The van der Waals surface area contributed by atoms with Crippen LogP contribution in [0, 0.1) is 12.0 Å². The summed E-state index contributed by atoms with van der Waals surface area (Å²) in [6, 6.07) is 8.50. The summed E-state index contributed by atoms with van der Waals surface area (Å²) in [6.45, 7) is 9.29. The summed E-state index contributed by atoms with van der Waals surface area (Å²) in [5.74, 6) is 0.681. The van der Waals surface area contributed by atoms with Gasteiger partial charge in [-0.3, -0.25) is 0 Å². The molecule has 0 saturated heterocycles. The first-order valence-corrected chi connectivity index (χ1v) is 5.69. The van der Waals surface area contributed by atoms with Crippen molar-refractivity contribution >= 4 is 0 Å². The maximum absolute atomic E-state index is 5.57. The highest BCUT2D eigenvalue weighted by molar-refractivity contribution is 5.35. The van der Waals surface area contributed by atoms with Crippen molar-refractivity contribution in [3.8, 4) is 0 Å². The van der Waals surface area contributed by atoms with Crippen molar-refractivity contribution in [1.82, 2.24) is 0 Å². The van der Waals surface area contributed by atoms with Crippen molar-refractivity contribution in [1.29, 1.82) is 0 Å². The van der Waals surface area contributed by atoms with Crippen LogP contribution in [-0.4, -0.2) is 6.61 Å². The third kappa shape index (κ3) is 3.67. The van der Waals surface area contributed by atoms with E-state index in [0.717, 1.165) is 19.1 Å². The molecule has 0 aliphatic carbocycles. The van der Waals surface area contributed by atoms with E-state index < -0.39 is 0 Å². The van der Waals surface area contributed by atoms with Crippen LogP contribution in [0.15, 0.2) is 24.3 Å². The van der Waals surface area contributed by atoms with Gasteiger partial charge in [0.15, 0.2) is 0 Å². The van der Waals surface area contributed by atoms with Gasteiger partial charge >= 0.3 is 0 Å². The maximum Gasteiger partial charge on any atom is 0.123 e. The molecule has 0 fully saturated rings. The normalized spacial score (nSPS) is 11.3. The van der Waals surface area contributed by atoms with E-state index in [0.29, 0.717) is 5.92 Å². The highest BCUT2D eigenvalue weighted by Crippen LogP contribution is 2.22. The van der Waals surface area contributed by atoms with E-state index in [2.05, 4.69) is 38.1 Å². The fourth-order valence-electron chi connectivity index (χ4n) is 1.78. The predicted octanol–water partition coefficient (Wildman–Crippen LogP) is 3.82. The molecule has 0 saturated carbocycles. The van der Waals surface area contributed by atoms with E-state index in [-0.39, 0.29) is 0 Å². The highest BCUT2D eigenvalue weighted by atomic mass is 16.5. The molecular weight excluding hydrogens is 184 g/mol. The third-order valence-corrected chi connectivity index (χ3v) is 2.39. The van der Waals surface area contributed by atoms with E-state index in [1.54, 1.807) is 0 Å². The Kier molecular flexibility index (Phi) is 4.83. The monoisotopic (exact) mass is 205 g/mol. The Hall–Kier alpha value is -0.820. The topological polar surface area (TPSA) is 9.23 Å². The lowest BCUT2D eigenvalue weighted by Gasteiger charge is -2.16. The van der Waals surface area contributed by atoms with Crippen molar-refractivity contribution in [2.24, 2.45) is 5.92 Å². The minimum atomic E-state index is 0.681. The fourth-order valence-corrected chi connectivity index (χ4v) is 1.78. The van der Waals surface area contributed by atoms with Gasteiger partial charge in [0, 0.05) is 6.61 Å². The Labute approximate surface area is 93.5 Å². The van der Waals surface area contributed by atoms with E-state index in [1.165, 1.54) is 11.1 Å². The molecule has 1 aromatic rings. The van der Waals surface area contributed by atoms with Gasteiger partial charge in [0.05, 0.1) is 0 Å². The second-order valence-electron chi connectivity index (χ2n) is 4.24. The number of hydrogen-bond acceptors (Lipinski definition) is 1. The molecule has 0 atom stereocenters. The molecule has 0 N–H and O–H groups in total. The SMILES string of the molecule is CCO[C](C)c1ccccc1CC(C)C. The molecule has 83 valence electrons. The van der Waals surface area contributed by atoms with Gasteiger partial charge in [-0.1, -0.05) is 38.1 Å². The van der Waals surface area contributed by atoms with Crippen LogP contribution in [0.25, 0.3) is 0 Å². The molecule has 0 heterocycles. The maximum atomic E-state index is 5.57. The largest absolute Gasteiger partial charge is 0.367 e.